The smallest absolute Gasteiger partial charge is 0.235 e. The molecule has 0 bridgehead atoms. The summed E-state index contributed by atoms with van der Waals surface area (Å²) in [7, 11) is 0. The maximum atomic E-state index is 12.9. The van der Waals surface area contributed by atoms with Gasteiger partial charge < -0.3 is 9.88 Å². The number of aryl methyl sites for hydroxylation is 1. The molecule has 1 aliphatic rings. The van der Waals surface area contributed by atoms with E-state index >= 15 is 0 Å². The Kier molecular flexibility index (Phi) is 8.59. The number of nitrogens with zero attached hydrogens (tertiary/aromatic N) is 4. The van der Waals surface area contributed by atoms with Crippen LogP contribution in [0.5, 0.6) is 0 Å². The van der Waals surface area contributed by atoms with Crippen molar-refractivity contribution in [3.8, 4) is 17.5 Å². The van der Waals surface area contributed by atoms with Crippen LogP contribution in [0.1, 0.15) is 74.8 Å². The van der Waals surface area contributed by atoms with Gasteiger partial charge in [0.1, 0.15) is 11.1 Å². The van der Waals surface area contributed by atoms with Crippen LogP contribution < -0.4 is 5.32 Å². The Morgan fingerprint density at radius 1 is 1.33 bits per heavy atom. The molecule has 4 rings (SSSR count). The second-order valence-electron chi connectivity index (χ2n) is 10.0. The van der Waals surface area contributed by atoms with E-state index in [0.717, 1.165) is 67.2 Å². The molecule has 1 N–H and O–H groups in total. The lowest BCUT2D eigenvalue weighted by Crippen LogP contribution is -2.28. The van der Waals surface area contributed by atoms with Gasteiger partial charge in [0.15, 0.2) is 11.0 Å². The van der Waals surface area contributed by atoms with Crippen LogP contribution in [0.15, 0.2) is 16.6 Å². The van der Waals surface area contributed by atoms with Gasteiger partial charge in [-0.05, 0) is 55.6 Å². The van der Waals surface area contributed by atoms with E-state index in [1.165, 1.54) is 21.5 Å². The van der Waals surface area contributed by atoms with E-state index in [0.29, 0.717) is 16.5 Å². The zero-order valence-corrected chi connectivity index (χ0v) is 24.3. The molecule has 0 saturated heterocycles. The van der Waals surface area contributed by atoms with Crippen LogP contribution in [0.3, 0.4) is 0 Å². The standard InChI is InChI=1S/C27H35N5OS3/c1-6-9-19-12-17(15-34-19)24-30-31-26(32(24)8-3)35-16-23(33)29-25-21(14-28)20-11-10-18(13-22(20)36-25)27(4,5)7-2/h12,15,18H,6-11,13,16H2,1-5H3,(H,29,33). The van der Waals surface area contributed by atoms with Gasteiger partial charge in [0, 0.05) is 27.2 Å². The van der Waals surface area contributed by atoms with Crippen molar-refractivity contribution in [3.63, 3.8) is 0 Å². The van der Waals surface area contributed by atoms with E-state index in [1.54, 1.807) is 22.7 Å². The molecule has 3 aromatic rings. The van der Waals surface area contributed by atoms with Gasteiger partial charge in [-0.2, -0.15) is 5.26 Å². The zero-order chi connectivity index (χ0) is 25.9. The molecule has 1 atom stereocenters. The van der Waals surface area contributed by atoms with E-state index in [9.17, 15) is 10.1 Å². The maximum Gasteiger partial charge on any atom is 0.235 e. The molecule has 3 heterocycles. The molecule has 1 amide bonds. The highest BCUT2D eigenvalue weighted by Crippen LogP contribution is 2.45. The second kappa shape index (κ2) is 11.5. The summed E-state index contributed by atoms with van der Waals surface area (Å²) < 4.78 is 2.07. The number of aromatic nitrogens is 3. The Morgan fingerprint density at radius 3 is 2.83 bits per heavy atom. The number of thiophene rings is 2. The van der Waals surface area contributed by atoms with Crippen molar-refractivity contribution in [2.75, 3.05) is 11.1 Å². The fraction of sp³-hybridized carbons (Fsp3) is 0.556. The Morgan fingerprint density at radius 2 is 2.14 bits per heavy atom. The molecular formula is C27H35N5OS3. The van der Waals surface area contributed by atoms with Crippen LogP contribution in [0.2, 0.25) is 0 Å². The largest absolute Gasteiger partial charge is 0.316 e. The van der Waals surface area contributed by atoms with E-state index < -0.39 is 0 Å². The number of carbonyl (C=O) groups is 1. The molecule has 0 fully saturated rings. The van der Waals surface area contributed by atoms with Gasteiger partial charge in [-0.1, -0.05) is 52.3 Å². The van der Waals surface area contributed by atoms with Gasteiger partial charge in [-0.15, -0.1) is 32.9 Å². The minimum atomic E-state index is -0.117. The molecule has 0 radical (unpaired) electrons. The first-order valence-electron chi connectivity index (χ1n) is 12.8. The molecular weight excluding hydrogens is 507 g/mol. The summed E-state index contributed by atoms with van der Waals surface area (Å²) in [6.45, 7) is 11.9. The summed E-state index contributed by atoms with van der Waals surface area (Å²) in [6, 6.07) is 4.56. The lowest BCUT2D eigenvalue weighted by molar-refractivity contribution is -0.113. The lowest BCUT2D eigenvalue weighted by atomic mass is 9.69. The maximum absolute atomic E-state index is 12.9. The van der Waals surface area contributed by atoms with E-state index in [2.05, 4.69) is 72.2 Å². The zero-order valence-electron chi connectivity index (χ0n) is 21.8. The van der Waals surface area contributed by atoms with Crippen LogP contribution in [-0.2, 0) is 30.6 Å². The number of hydrogen-bond donors (Lipinski definition) is 1. The van der Waals surface area contributed by atoms with Gasteiger partial charge in [-0.3, -0.25) is 4.79 Å². The highest BCUT2D eigenvalue weighted by atomic mass is 32.2. The Labute approximate surface area is 226 Å². The first-order chi connectivity index (χ1) is 17.3. The minimum absolute atomic E-state index is 0.117. The number of amides is 1. The summed E-state index contributed by atoms with van der Waals surface area (Å²) in [5.74, 6) is 1.56. The molecule has 192 valence electrons. The number of anilines is 1. The molecule has 1 aliphatic carbocycles. The number of hydrogen-bond acceptors (Lipinski definition) is 7. The third kappa shape index (κ3) is 5.56. The summed E-state index contributed by atoms with van der Waals surface area (Å²) >= 11 is 4.73. The van der Waals surface area contributed by atoms with Crippen LogP contribution in [0.25, 0.3) is 11.4 Å². The van der Waals surface area contributed by atoms with Crippen molar-refractivity contribution in [2.45, 2.75) is 84.8 Å². The number of rotatable bonds is 10. The van der Waals surface area contributed by atoms with Gasteiger partial charge in [0.25, 0.3) is 0 Å². The summed E-state index contributed by atoms with van der Waals surface area (Å²) in [4.78, 5) is 15.5. The van der Waals surface area contributed by atoms with Crippen molar-refractivity contribution < 1.29 is 4.79 Å². The van der Waals surface area contributed by atoms with Crippen molar-refractivity contribution in [2.24, 2.45) is 11.3 Å². The average molecular weight is 542 g/mol. The molecule has 3 aromatic heterocycles. The van der Waals surface area contributed by atoms with Crippen molar-refractivity contribution in [1.29, 1.82) is 5.26 Å². The Balaban J connectivity index is 1.43. The lowest BCUT2D eigenvalue weighted by Gasteiger charge is -2.36. The third-order valence-electron chi connectivity index (χ3n) is 7.42. The summed E-state index contributed by atoms with van der Waals surface area (Å²) in [5.41, 5.74) is 3.16. The fourth-order valence-corrected chi connectivity index (χ4v) is 7.88. The SMILES string of the molecule is CCCc1cc(-c2nnc(SCC(=O)Nc3sc4c(c3C#N)CCC(C(C)(C)CC)C4)n2CC)cs1. The molecule has 0 saturated carbocycles. The fourth-order valence-electron chi connectivity index (χ4n) is 4.81. The highest BCUT2D eigenvalue weighted by molar-refractivity contribution is 7.99. The summed E-state index contributed by atoms with van der Waals surface area (Å²) in [5, 5.41) is 25.2. The normalized spacial score (nSPS) is 15.5. The second-order valence-corrected chi connectivity index (χ2v) is 13.1. The van der Waals surface area contributed by atoms with Gasteiger partial charge in [0.2, 0.25) is 5.91 Å². The van der Waals surface area contributed by atoms with Gasteiger partial charge in [0.05, 0.1) is 11.3 Å². The average Bonchev–Trinajstić information content (AvgIpc) is 3.58. The molecule has 0 aromatic carbocycles. The van der Waals surface area contributed by atoms with Crippen molar-refractivity contribution >= 4 is 45.3 Å². The Hall–Kier alpha value is -2.15. The van der Waals surface area contributed by atoms with E-state index in [-0.39, 0.29) is 17.1 Å². The monoisotopic (exact) mass is 541 g/mol. The predicted molar refractivity (Wildman–Crippen MR) is 151 cm³/mol. The number of fused-ring (bicyclic) bond motifs is 1. The molecule has 6 nitrogen and oxygen atoms in total. The minimum Gasteiger partial charge on any atom is -0.316 e. The predicted octanol–water partition coefficient (Wildman–Crippen LogP) is 7.18. The van der Waals surface area contributed by atoms with Crippen LogP contribution in [0.4, 0.5) is 5.00 Å². The van der Waals surface area contributed by atoms with Crippen LogP contribution in [-0.4, -0.2) is 26.4 Å². The van der Waals surface area contributed by atoms with Crippen LogP contribution in [0, 0.1) is 22.7 Å². The first kappa shape index (κ1) is 26.9. The first-order valence-corrected chi connectivity index (χ1v) is 15.5. The highest BCUT2D eigenvalue weighted by Gasteiger charge is 2.34. The molecule has 1 unspecified atom stereocenters. The molecule has 9 heteroatoms. The van der Waals surface area contributed by atoms with Crippen LogP contribution >= 0.6 is 34.4 Å². The van der Waals surface area contributed by atoms with E-state index in [1.807, 2.05) is 0 Å². The van der Waals surface area contributed by atoms with Crippen molar-refractivity contribution in [1.82, 2.24) is 14.8 Å². The Bertz CT molecular complexity index is 1260. The number of nitriles is 1. The molecule has 0 spiro atoms. The molecule has 0 aliphatic heterocycles. The number of carbonyl (C=O) groups excluding carboxylic acids is 1. The quantitative estimate of drug-likeness (QED) is 0.275. The number of nitrogens with one attached hydrogen (secondary N) is 1. The van der Waals surface area contributed by atoms with Crippen molar-refractivity contribution in [3.05, 3.63) is 32.3 Å². The topological polar surface area (TPSA) is 83.6 Å². The summed E-state index contributed by atoms with van der Waals surface area (Å²) in [6.07, 6.45) is 6.33. The molecule has 36 heavy (non-hydrogen) atoms. The van der Waals surface area contributed by atoms with E-state index in [4.69, 9.17) is 0 Å². The van der Waals surface area contributed by atoms with Gasteiger partial charge in [-0.25, -0.2) is 0 Å². The van der Waals surface area contributed by atoms with Gasteiger partial charge >= 0.3 is 0 Å². The number of thioether (sulfide) groups is 1. The third-order valence-corrected chi connectivity index (χ3v) is 10.6.